The number of rotatable bonds is 4. The van der Waals surface area contributed by atoms with Crippen LogP contribution in [-0.4, -0.2) is 5.91 Å². The zero-order valence-electron chi connectivity index (χ0n) is 11.5. The van der Waals surface area contributed by atoms with Crippen molar-refractivity contribution in [2.75, 3.05) is 0 Å². The van der Waals surface area contributed by atoms with Crippen LogP contribution in [0.5, 0.6) is 0 Å². The number of carbonyl (C=O) groups excluding carboxylic acids is 1. The van der Waals surface area contributed by atoms with Crippen molar-refractivity contribution in [1.29, 1.82) is 0 Å². The van der Waals surface area contributed by atoms with Crippen LogP contribution in [-0.2, 0) is 0 Å². The maximum Gasteiger partial charge on any atom is 0.251 e. The molecular formula is C16H19NOS. The zero-order valence-corrected chi connectivity index (χ0v) is 12.3. The summed E-state index contributed by atoms with van der Waals surface area (Å²) in [5, 5.41) is 5.18. The molecule has 3 heteroatoms. The van der Waals surface area contributed by atoms with E-state index in [9.17, 15) is 4.79 Å². The van der Waals surface area contributed by atoms with Gasteiger partial charge in [0.05, 0.1) is 6.04 Å². The first-order valence-electron chi connectivity index (χ1n) is 6.49. The predicted molar refractivity (Wildman–Crippen MR) is 80.5 cm³/mol. The molecule has 2 nitrogen and oxygen atoms in total. The topological polar surface area (TPSA) is 29.1 Å². The third kappa shape index (κ3) is 3.44. The van der Waals surface area contributed by atoms with Crippen LogP contribution < -0.4 is 5.32 Å². The Hall–Kier alpha value is -1.61. The minimum Gasteiger partial charge on any atom is -0.344 e. The molecule has 1 heterocycles. The lowest BCUT2D eigenvalue weighted by Gasteiger charge is -2.21. The minimum atomic E-state index is -0.00389. The quantitative estimate of drug-likeness (QED) is 0.889. The maximum atomic E-state index is 12.3. The van der Waals surface area contributed by atoms with E-state index in [2.05, 4.69) is 25.2 Å². The molecule has 0 saturated heterocycles. The van der Waals surface area contributed by atoms with Crippen LogP contribution in [0.2, 0.25) is 0 Å². The van der Waals surface area contributed by atoms with Crippen molar-refractivity contribution in [3.05, 3.63) is 57.8 Å². The molecular weight excluding hydrogens is 254 g/mol. The van der Waals surface area contributed by atoms with Crippen molar-refractivity contribution in [2.24, 2.45) is 5.92 Å². The number of amides is 1. The Morgan fingerprint density at radius 1 is 1.21 bits per heavy atom. The molecule has 2 aromatic rings. The highest BCUT2D eigenvalue weighted by Gasteiger charge is 2.19. The molecule has 100 valence electrons. The van der Waals surface area contributed by atoms with Crippen molar-refractivity contribution in [2.45, 2.75) is 26.8 Å². The summed E-state index contributed by atoms with van der Waals surface area (Å²) in [6.45, 7) is 6.25. The third-order valence-corrected chi connectivity index (χ3v) is 4.04. The summed E-state index contributed by atoms with van der Waals surface area (Å²) in [5.41, 5.74) is 1.83. The summed E-state index contributed by atoms with van der Waals surface area (Å²) in [6, 6.07) is 11.9. The number of thiophene rings is 1. The van der Waals surface area contributed by atoms with Crippen LogP contribution in [0.1, 0.15) is 40.7 Å². The fraction of sp³-hybridized carbons (Fsp3) is 0.312. The van der Waals surface area contributed by atoms with Crippen molar-refractivity contribution in [3.8, 4) is 0 Å². The number of aryl methyl sites for hydroxylation is 1. The van der Waals surface area contributed by atoms with E-state index in [0.717, 1.165) is 11.1 Å². The molecule has 0 saturated carbocycles. The van der Waals surface area contributed by atoms with E-state index in [4.69, 9.17) is 0 Å². The van der Waals surface area contributed by atoms with E-state index < -0.39 is 0 Å². The molecule has 19 heavy (non-hydrogen) atoms. The van der Waals surface area contributed by atoms with Gasteiger partial charge < -0.3 is 5.32 Å². The second-order valence-corrected chi connectivity index (χ2v) is 6.06. The minimum absolute atomic E-state index is 0.00389. The molecule has 1 N–H and O–H groups in total. The largest absolute Gasteiger partial charge is 0.344 e. The highest BCUT2D eigenvalue weighted by Crippen LogP contribution is 2.26. The van der Waals surface area contributed by atoms with Gasteiger partial charge >= 0.3 is 0 Å². The molecule has 0 unspecified atom stereocenters. The predicted octanol–water partition coefficient (Wildman–Crippen LogP) is 4.18. The fourth-order valence-electron chi connectivity index (χ4n) is 2.05. The van der Waals surface area contributed by atoms with Gasteiger partial charge in [0, 0.05) is 10.4 Å². The Labute approximate surface area is 118 Å². The Morgan fingerprint density at radius 2 is 2.00 bits per heavy atom. The van der Waals surface area contributed by atoms with Crippen LogP contribution in [0.25, 0.3) is 0 Å². The van der Waals surface area contributed by atoms with Gasteiger partial charge in [-0.1, -0.05) is 37.6 Å². The third-order valence-electron chi connectivity index (χ3n) is 3.08. The maximum absolute atomic E-state index is 12.3. The van der Waals surface area contributed by atoms with E-state index in [0.29, 0.717) is 5.92 Å². The molecule has 1 aromatic carbocycles. The van der Waals surface area contributed by atoms with Crippen LogP contribution in [0, 0.1) is 12.8 Å². The Balaban J connectivity index is 2.16. The highest BCUT2D eigenvalue weighted by molar-refractivity contribution is 7.10. The van der Waals surface area contributed by atoms with E-state index in [1.807, 2.05) is 42.6 Å². The summed E-state index contributed by atoms with van der Waals surface area (Å²) in [7, 11) is 0. The first-order valence-corrected chi connectivity index (χ1v) is 7.37. The Bertz CT molecular complexity index is 546. The summed E-state index contributed by atoms with van der Waals surface area (Å²) < 4.78 is 0. The molecule has 0 fully saturated rings. The molecule has 0 aliphatic carbocycles. The van der Waals surface area contributed by atoms with Gasteiger partial charge in [0.1, 0.15) is 0 Å². The van der Waals surface area contributed by atoms with Crippen LogP contribution >= 0.6 is 11.3 Å². The Morgan fingerprint density at radius 3 is 2.58 bits per heavy atom. The summed E-state index contributed by atoms with van der Waals surface area (Å²) in [4.78, 5) is 13.5. The van der Waals surface area contributed by atoms with Gasteiger partial charge in [-0.3, -0.25) is 4.79 Å². The second-order valence-electron chi connectivity index (χ2n) is 5.08. The van der Waals surface area contributed by atoms with E-state index in [1.54, 1.807) is 11.3 Å². The van der Waals surface area contributed by atoms with Gasteiger partial charge in [0.25, 0.3) is 5.91 Å². The number of benzene rings is 1. The van der Waals surface area contributed by atoms with Crippen LogP contribution in [0.3, 0.4) is 0 Å². The fourth-order valence-corrected chi connectivity index (χ4v) is 2.99. The first kappa shape index (κ1) is 13.8. The smallest absolute Gasteiger partial charge is 0.251 e. The standard InChI is InChI=1S/C16H19NOS/c1-11(2)15(14-8-5-9-19-14)17-16(18)13-7-4-6-12(3)10-13/h4-11,15H,1-3H3,(H,17,18)/t15-/m0/s1. The van der Waals surface area contributed by atoms with Crippen molar-refractivity contribution in [3.63, 3.8) is 0 Å². The molecule has 0 aliphatic heterocycles. The molecule has 2 rings (SSSR count). The second kappa shape index (κ2) is 6.02. The number of hydrogen-bond donors (Lipinski definition) is 1. The average molecular weight is 273 g/mol. The van der Waals surface area contributed by atoms with Crippen LogP contribution in [0.15, 0.2) is 41.8 Å². The number of hydrogen-bond acceptors (Lipinski definition) is 2. The lowest BCUT2D eigenvalue weighted by molar-refractivity contribution is 0.0926. The van der Waals surface area contributed by atoms with E-state index in [-0.39, 0.29) is 11.9 Å². The van der Waals surface area contributed by atoms with Gasteiger partial charge in [0.15, 0.2) is 0 Å². The zero-order chi connectivity index (χ0) is 13.8. The van der Waals surface area contributed by atoms with Crippen molar-refractivity contribution in [1.82, 2.24) is 5.32 Å². The monoisotopic (exact) mass is 273 g/mol. The van der Waals surface area contributed by atoms with E-state index >= 15 is 0 Å². The van der Waals surface area contributed by atoms with Gasteiger partial charge in [-0.25, -0.2) is 0 Å². The molecule has 1 amide bonds. The van der Waals surface area contributed by atoms with Crippen molar-refractivity contribution < 1.29 is 4.79 Å². The number of nitrogens with one attached hydrogen (secondary N) is 1. The molecule has 0 aliphatic rings. The molecule has 1 atom stereocenters. The summed E-state index contributed by atoms with van der Waals surface area (Å²) in [5.74, 6) is 0.364. The molecule has 0 bridgehead atoms. The van der Waals surface area contributed by atoms with Gasteiger partial charge in [-0.2, -0.15) is 0 Å². The van der Waals surface area contributed by atoms with E-state index in [1.165, 1.54) is 4.88 Å². The molecule has 0 spiro atoms. The van der Waals surface area contributed by atoms with Crippen molar-refractivity contribution >= 4 is 17.2 Å². The molecule has 1 aromatic heterocycles. The Kier molecular flexibility index (Phi) is 4.38. The number of carbonyl (C=O) groups is 1. The lowest BCUT2D eigenvalue weighted by Crippen LogP contribution is -2.31. The lowest BCUT2D eigenvalue weighted by atomic mass is 10.0. The summed E-state index contributed by atoms with van der Waals surface area (Å²) in [6.07, 6.45) is 0. The van der Waals surface area contributed by atoms with Gasteiger partial charge in [-0.05, 0) is 36.4 Å². The van der Waals surface area contributed by atoms with Gasteiger partial charge in [-0.15, -0.1) is 11.3 Å². The summed E-state index contributed by atoms with van der Waals surface area (Å²) >= 11 is 1.68. The van der Waals surface area contributed by atoms with Crippen LogP contribution in [0.4, 0.5) is 0 Å². The highest BCUT2D eigenvalue weighted by atomic mass is 32.1. The molecule has 0 radical (unpaired) electrons. The SMILES string of the molecule is Cc1cccc(C(=O)N[C@H](c2cccs2)C(C)C)c1. The normalized spacial score (nSPS) is 12.4. The first-order chi connectivity index (χ1) is 9.08. The van der Waals surface area contributed by atoms with Gasteiger partial charge in [0.2, 0.25) is 0 Å². The average Bonchev–Trinajstić information content (AvgIpc) is 2.88.